The van der Waals surface area contributed by atoms with Crippen LogP contribution in [0.4, 0.5) is 14.6 Å². The normalized spacial score (nSPS) is 10.8. The van der Waals surface area contributed by atoms with E-state index in [-0.39, 0.29) is 5.56 Å². The molecule has 0 spiro atoms. The largest absolute Gasteiger partial charge is 0.383 e. The van der Waals surface area contributed by atoms with Crippen LogP contribution in [0.5, 0.6) is 0 Å². The fraction of sp³-hybridized carbons (Fsp3) is 0.250. The number of halogens is 2. The van der Waals surface area contributed by atoms with E-state index in [1.807, 2.05) is 6.92 Å². The molecule has 1 heterocycles. The SMILES string of the molecule is CCc1nn(C)c(N)c1-c1ccc(F)cc1F. The van der Waals surface area contributed by atoms with Crippen LogP contribution in [-0.4, -0.2) is 9.78 Å². The molecular weight excluding hydrogens is 224 g/mol. The first kappa shape index (κ1) is 11.6. The van der Waals surface area contributed by atoms with Crippen molar-refractivity contribution < 1.29 is 8.78 Å². The molecule has 1 aromatic carbocycles. The van der Waals surface area contributed by atoms with Crippen molar-refractivity contribution in [2.45, 2.75) is 13.3 Å². The molecule has 0 fully saturated rings. The summed E-state index contributed by atoms with van der Waals surface area (Å²) >= 11 is 0. The van der Waals surface area contributed by atoms with E-state index in [9.17, 15) is 8.78 Å². The predicted molar refractivity (Wildman–Crippen MR) is 62.4 cm³/mol. The van der Waals surface area contributed by atoms with E-state index in [0.717, 1.165) is 6.07 Å². The molecule has 0 unspecified atom stereocenters. The summed E-state index contributed by atoms with van der Waals surface area (Å²) < 4.78 is 28.1. The van der Waals surface area contributed by atoms with Gasteiger partial charge in [0, 0.05) is 24.2 Å². The van der Waals surface area contributed by atoms with Gasteiger partial charge in [0.1, 0.15) is 17.5 Å². The van der Waals surface area contributed by atoms with Crippen LogP contribution in [0.1, 0.15) is 12.6 Å². The fourth-order valence-corrected chi connectivity index (χ4v) is 1.83. The number of benzene rings is 1. The second-order valence-electron chi connectivity index (χ2n) is 3.81. The highest BCUT2D eigenvalue weighted by molar-refractivity contribution is 5.77. The Hall–Kier alpha value is -1.91. The Morgan fingerprint density at radius 3 is 2.65 bits per heavy atom. The molecule has 0 saturated heterocycles. The highest BCUT2D eigenvalue weighted by atomic mass is 19.1. The summed E-state index contributed by atoms with van der Waals surface area (Å²) in [5.74, 6) is -0.849. The standard InChI is InChI=1S/C12H13F2N3/c1-3-10-11(12(15)17(2)16-10)8-5-4-7(13)6-9(8)14/h4-6H,3,15H2,1-2H3. The third-order valence-electron chi connectivity index (χ3n) is 2.70. The number of hydrogen-bond donors (Lipinski definition) is 1. The first-order valence-electron chi connectivity index (χ1n) is 5.31. The Labute approximate surface area is 97.9 Å². The quantitative estimate of drug-likeness (QED) is 0.872. The molecular formula is C12H13F2N3. The van der Waals surface area contributed by atoms with Gasteiger partial charge >= 0.3 is 0 Å². The van der Waals surface area contributed by atoms with E-state index in [1.165, 1.54) is 16.8 Å². The van der Waals surface area contributed by atoms with Gasteiger partial charge in [-0.25, -0.2) is 8.78 Å². The number of nitrogens with zero attached hydrogens (tertiary/aromatic N) is 2. The highest BCUT2D eigenvalue weighted by Crippen LogP contribution is 2.31. The minimum Gasteiger partial charge on any atom is -0.383 e. The molecule has 2 aromatic rings. The third kappa shape index (κ3) is 1.88. The first-order valence-corrected chi connectivity index (χ1v) is 5.31. The Morgan fingerprint density at radius 1 is 1.35 bits per heavy atom. The van der Waals surface area contributed by atoms with Crippen LogP contribution >= 0.6 is 0 Å². The van der Waals surface area contributed by atoms with E-state index in [1.54, 1.807) is 7.05 Å². The van der Waals surface area contributed by atoms with Crippen LogP contribution in [-0.2, 0) is 13.5 Å². The van der Waals surface area contributed by atoms with Crippen molar-refractivity contribution in [3.63, 3.8) is 0 Å². The topological polar surface area (TPSA) is 43.8 Å². The van der Waals surface area contributed by atoms with Crippen molar-refractivity contribution in [1.82, 2.24) is 9.78 Å². The van der Waals surface area contributed by atoms with Gasteiger partial charge in [0.05, 0.1) is 5.69 Å². The van der Waals surface area contributed by atoms with E-state index < -0.39 is 11.6 Å². The monoisotopic (exact) mass is 237 g/mol. The lowest BCUT2D eigenvalue weighted by molar-refractivity contribution is 0.585. The van der Waals surface area contributed by atoms with Crippen LogP contribution < -0.4 is 5.73 Å². The van der Waals surface area contributed by atoms with Gasteiger partial charge in [-0.3, -0.25) is 4.68 Å². The fourth-order valence-electron chi connectivity index (χ4n) is 1.83. The van der Waals surface area contributed by atoms with Gasteiger partial charge in [0.15, 0.2) is 0 Å². The summed E-state index contributed by atoms with van der Waals surface area (Å²) in [5.41, 5.74) is 7.40. The Bertz CT molecular complexity index is 561. The minimum atomic E-state index is -0.626. The number of hydrogen-bond acceptors (Lipinski definition) is 2. The molecule has 2 rings (SSSR count). The molecule has 3 nitrogen and oxygen atoms in total. The summed E-state index contributed by atoms with van der Waals surface area (Å²) in [4.78, 5) is 0. The first-order chi connectivity index (χ1) is 8.04. The third-order valence-corrected chi connectivity index (χ3v) is 2.70. The zero-order valence-electron chi connectivity index (χ0n) is 9.67. The molecule has 2 N–H and O–H groups in total. The maximum atomic E-state index is 13.7. The molecule has 1 aromatic heterocycles. The molecule has 0 aliphatic heterocycles. The average Bonchev–Trinajstić information content (AvgIpc) is 2.56. The van der Waals surface area contributed by atoms with Crippen LogP contribution in [0.3, 0.4) is 0 Å². The second-order valence-corrected chi connectivity index (χ2v) is 3.81. The van der Waals surface area contributed by atoms with Crippen LogP contribution in [0.15, 0.2) is 18.2 Å². The zero-order valence-corrected chi connectivity index (χ0v) is 9.67. The molecule has 17 heavy (non-hydrogen) atoms. The lowest BCUT2D eigenvalue weighted by Crippen LogP contribution is -1.98. The Kier molecular flexibility index (Phi) is 2.83. The molecule has 0 saturated carbocycles. The highest BCUT2D eigenvalue weighted by Gasteiger charge is 2.17. The minimum absolute atomic E-state index is 0.286. The molecule has 0 radical (unpaired) electrons. The zero-order chi connectivity index (χ0) is 12.6. The number of rotatable bonds is 2. The van der Waals surface area contributed by atoms with Gasteiger partial charge in [-0.1, -0.05) is 6.92 Å². The second kappa shape index (κ2) is 4.16. The number of nitrogens with two attached hydrogens (primary N) is 1. The van der Waals surface area contributed by atoms with Crippen LogP contribution in [0.2, 0.25) is 0 Å². The van der Waals surface area contributed by atoms with Crippen molar-refractivity contribution in [2.75, 3.05) is 5.73 Å². The number of anilines is 1. The van der Waals surface area contributed by atoms with Crippen molar-refractivity contribution >= 4 is 5.82 Å². The number of aromatic nitrogens is 2. The Balaban J connectivity index is 2.67. The van der Waals surface area contributed by atoms with Crippen molar-refractivity contribution in [3.05, 3.63) is 35.5 Å². The lowest BCUT2D eigenvalue weighted by Gasteiger charge is -2.04. The molecule has 0 aliphatic rings. The predicted octanol–water partition coefficient (Wildman–Crippen LogP) is 2.51. The maximum absolute atomic E-state index is 13.7. The number of nitrogen functional groups attached to an aromatic ring is 1. The molecule has 0 amide bonds. The summed E-state index contributed by atoms with van der Waals surface area (Å²) in [6, 6.07) is 3.45. The molecule has 0 atom stereocenters. The van der Waals surface area contributed by atoms with Crippen molar-refractivity contribution in [2.24, 2.45) is 7.05 Å². The van der Waals surface area contributed by atoms with Gasteiger partial charge in [0.2, 0.25) is 0 Å². The summed E-state index contributed by atoms with van der Waals surface area (Å²) in [7, 11) is 1.69. The lowest BCUT2D eigenvalue weighted by atomic mass is 10.0. The maximum Gasteiger partial charge on any atom is 0.134 e. The van der Waals surface area contributed by atoms with E-state index in [4.69, 9.17) is 5.73 Å². The average molecular weight is 237 g/mol. The summed E-state index contributed by atoms with van der Waals surface area (Å²) in [6.07, 6.45) is 0.636. The Morgan fingerprint density at radius 2 is 2.06 bits per heavy atom. The van der Waals surface area contributed by atoms with Gasteiger partial charge in [0.25, 0.3) is 0 Å². The van der Waals surface area contributed by atoms with Crippen LogP contribution in [0.25, 0.3) is 11.1 Å². The summed E-state index contributed by atoms with van der Waals surface area (Å²) in [6.45, 7) is 1.91. The molecule has 0 bridgehead atoms. The molecule has 0 aliphatic carbocycles. The molecule has 90 valence electrons. The van der Waals surface area contributed by atoms with E-state index >= 15 is 0 Å². The van der Waals surface area contributed by atoms with Crippen molar-refractivity contribution in [3.8, 4) is 11.1 Å². The van der Waals surface area contributed by atoms with Gasteiger partial charge < -0.3 is 5.73 Å². The van der Waals surface area contributed by atoms with E-state index in [2.05, 4.69) is 5.10 Å². The van der Waals surface area contributed by atoms with E-state index in [0.29, 0.717) is 23.5 Å². The van der Waals surface area contributed by atoms with Gasteiger partial charge in [-0.15, -0.1) is 0 Å². The van der Waals surface area contributed by atoms with Crippen molar-refractivity contribution in [1.29, 1.82) is 0 Å². The smallest absolute Gasteiger partial charge is 0.134 e. The summed E-state index contributed by atoms with van der Waals surface area (Å²) in [5, 5.41) is 4.20. The van der Waals surface area contributed by atoms with Gasteiger partial charge in [-0.2, -0.15) is 5.10 Å². The van der Waals surface area contributed by atoms with Crippen LogP contribution in [0, 0.1) is 11.6 Å². The number of aryl methyl sites for hydroxylation is 2. The van der Waals surface area contributed by atoms with Gasteiger partial charge in [-0.05, 0) is 18.6 Å². The molecule has 5 heteroatoms.